The molecule has 324 valence electrons. The van der Waals surface area contributed by atoms with Gasteiger partial charge in [-0.05, 0) is 174 Å². The first-order chi connectivity index (χ1) is 29.3. The summed E-state index contributed by atoms with van der Waals surface area (Å²) in [5, 5.41) is 4.87. The second-order valence-corrected chi connectivity index (χ2v) is 22.1. The monoisotopic (exact) mass is 866 g/mol. The Morgan fingerprint density at radius 3 is 1.57 bits per heavy atom. The standard InChI is InChI=1S/C47H58N6O6S2/c48-42-8-1-2-9-43(42)50-46(54)34-13-17-37(18-14-34)61(58,59)40-23-27-53(28-24-40)31-33-5-3-6-36(29-33)41-7-4-10-44(45(41)49)51-47(55)35-15-19-38(20-16-35)60(56,57)39-21-25-52(26-22-39)30-32-11-12-32/h1-2,4,7-10,13-20,32-33,36,39-40H,3,5-6,11-12,21-31,48-49H2,(H,50,54)(H,51,55). The highest BCUT2D eigenvalue weighted by atomic mass is 32.2. The number of carbonyl (C=O) groups excluding carboxylic acids is 2. The highest BCUT2D eigenvalue weighted by Gasteiger charge is 2.35. The van der Waals surface area contributed by atoms with Crippen LogP contribution in [0.25, 0.3) is 0 Å². The van der Waals surface area contributed by atoms with E-state index >= 15 is 0 Å². The summed E-state index contributed by atoms with van der Waals surface area (Å²) in [5.74, 6) is 0.745. The third kappa shape index (κ3) is 9.98. The van der Waals surface area contributed by atoms with E-state index in [9.17, 15) is 26.4 Å². The number of nitrogens with zero attached hydrogens (tertiary/aromatic N) is 2. The number of amides is 2. The molecule has 2 atom stereocenters. The van der Waals surface area contributed by atoms with E-state index in [0.29, 0.717) is 78.6 Å². The van der Waals surface area contributed by atoms with E-state index in [1.165, 1.54) is 25.0 Å². The highest BCUT2D eigenvalue weighted by molar-refractivity contribution is 7.92. The SMILES string of the molecule is Nc1ccccc1NC(=O)c1ccc(S(=O)(=O)C2CCN(CC3CCCC(c4cccc(NC(=O)c5ccc(S(=O)(=O)C6CCN(CC7CC7)CC6)cc5)c4N)C3)CC2)cc1. The van der Waals surface area contributed by atoms with Gasteiger partial charge in [-0.25, -0.2) is 16.8 Å². The van der Waals surface area contributed by atoms with Crippen molar-refractivity contribution >= 4 is 54.2 Å². The average Bonchev–Trinajstić information content (AvgIpc) is 4.10. The Morgan fingerprint density at radius 2 is 1.05 bits per heavy atom. The number of anilines is 4. The molecule has 4 aromatic carbocycles. The predicted octanol–water partition coefficient (Wildman–Crippen LogP) is 7.22. The number of hydrogen-bond donors (Lipinski definition) is 4. The minimum absolute atomic E-state index is 0.224. The molecule has 2 aliphatic heterocycles. The van der Waals surface area contributed by atoms with Gasteiger partial charge in [0.1, 0.15) is 0 Å². The van der Waals surface area contributed by atoms with Crippen LogP contribution in [-0.4, -0.2) is 88.2 Å². The molecule has 4 fully saturated rings. The van der Waals surface area contributed by atoms with Crippen LogP contribution in [-0.2, 0) is 19.7 Å². The molecule has 2 heterocycles. The number of para-hydroxylation sites is 3. The predicted molar refractivity (Wildman–Crippen MR) is 241 cm³/mol. The molecule has 2 unspecified atom stereocenters. The third-order valence-electron chi connectivity index (χ3n) is 13.4. The van der Waals surface area contributed by atoms with E-state index in [2.05, 4.69) is 20.4 Å². The molecular weight excluding hydrogens is 809 g/mol. The summed E-state index contributed by atoms with van der Waals surface area (Å²) in [6.07, 6.45) is 9.02. The quantitative estimate of drug-likeness (QED) is 0.100. The smallest absolute Gasteiger partial charge is 0.255 e. The van der Waals surface area contributed by atoms with Crippen molar-refractivity contribution in [3.05, 3.63) is 108 Å². The lowest BCUT2D eigenvalue weighted by atomic mass is 9.77. The van der Waals surface area contributed by atoms with Gasteiger partial charge in [0.2, 0.25) is 0 Å². The van der Waals surface area contributed by atoms with E-state index in [1.54, 1.807) is 66.7 Å². The first-order valence-corrected chi connectivity index (χ1v) is 24.9. The van der Waals surface area contributed by atoms with Crippen molar-refractivity contribution in [1.29, 1.82) is 0 Å². The molecule has 12 nitrogen and oxygen atoms in total. The van der Waals surface area contributed by atoms with Crippen molar-refractivity contribution in [1.82, 2.24) is 9.80 Å². The molecule has 2 aliphatic carbocycles. The number of benzene rings is 4. The van der Waals surface area contributed by atoms with E-state index in [1.807, 2.05) is 12.1 Å². The first kappa shape index (κ1) is 42.9. The van der Waals surface area contributed by atoms with Crippen molar-refractivity contribution in [2.75, 3.05) is 61.4 Å². The van der Waals surface area contributed by atoms with Gasteiger partial charge in [-0.15, -0.1) is 0 Å². The molecule has 4 aromatic rings. The Morgan fingerprint density at radius 1 is 0.557 bits per heavy atom. The lowest BCUT2D eigenvalue weighted by Gasteiger charge is -2.37. The summed E-state index contributed by atoms with van der Waals surface area (Å²) in [5.41, 5.74) is 16.5. The topological polar surface area (TPSA) is 185 Å². The van der Waals surface area contributed by atoms with Gasteiger partial charge in [0.15, 0.2) is 19.7 Å². The first-order valence-electron chi connectivity index (χ1n) is 21.8. The Hall–Kier alpha value is -4.76. The van der Waals surface area contributed by atoms with Crippen LogP contribution < -0.4 is 22.1 Å². The largest absolute Gasteiger partial charge is 0.397 e. The number of nitrogens with two attached hydrogens (primary N) is 2. The average molecular weight is 867 g/mol. The molecule has 2 amide bonds. The molecular formula is C47H58N6O6S2. The number of piperidine rings is 2. The molecule has 2 saturated carbocycles. The Labute approximate surface area is 360 Å². The molecule has 6 N–H and O–H groups in total. The zero-order chi connectivity index (χ0) is 42.7. The van der Waals surface area contributed by atoms with Crippen LogP contribution in [0.15, 0.2) is 101 Å². The summed E-state index contributed by atoms with van der Waals surface area (Å²) in [6, 6.07) is 25.1. The molecule has 0 radical (unpaired) electrons. The number of carbonyl (C=O) groups is 2. The fourth-order valence-electron chi connectivity index (χ4n) is 9.60. The Kier molecular flexibility index (Phi) is 12.9. The minimum Gasteiger partial charge on any atom is -0.397 e. The van der Waals surface area contributed by atoms with E-state index in [4.69, 9.17) is 11.5 Å². The van der Waals surface area contributed by atoms with Gasteiger partial charge >= 0.3 is 0 Å². The zero-order valence-electron chi connectivity index (χ0n) is 34.7. The molecule has 0 bridgehead atoms. The summed E-state index contributed by atoms with van der Waals surface area (Å²) >= 11 is 0. The number of nitrogen functional groups attached to an aromatic ring is 2. The van der Waals surface area contributed by atoms with Gasteiger partial charge in [-0.1, -0.05) is 30.7 Å². The van der Waals surface area contributed by atoms with Gasteiger partial charge in [0, 0.05) is 24.2 Å². The molecule has 4 aliphatic rings. The van der Waals surface area contributed by atoms with Crippen LogP contribution in [0.2, 0.25) is 0 Å². The van der Waals surface area contributed by atoms with Crippen molar-refractivity contribution < 1.29 is 26.4 Å². The van der Waals surface area contributed by atoms with Crippen LogP contribution in [0, 0.1) is 11.8 Å². The third-order valence-corrected chi connectivity index (χ3v) is 17.9. The Bertz CT molecular complexity index is 2420. The lowest BCUT2D eigenvalue weighted by molar-refractivity contribution is 0.101. The maximum atomic E-state index is 13.6. The van der Waals surface area contributed by atoms with Crippen molar-refractivity contribution in [3.8, 4) is 0 Å². The molecule has 61 heavy (non-hydrogen) atoms. The summed E-state index contributed by atoms with van der Waals surface area (Å²) in [7, 11) is -7.06. The second-order valence-electron chi connectivity index (χ2n) is 17.6. The normalized spacial score (nSPS) is 21.2. The van der Waals surface area contributed by atoms with Crippen molar-refractivity contribution in [2.45, 2.75) is 90.4 Å². The fourth-order valence-corrected chi connectivity index (χ4v) is 13.1. The second kappa shape index (κ2) is 18.3. The molecule has 14 heteroatoms. The number of hydrogen-bond acceptors (Lipinski definition) is 10. The number of rotatable bonds is 13. The van der Waals surface area contributed by atoms with Crippen molar-refractivity contribution in [2.24, 2.45) is 11.8 Å². The zero-order valence-corrected chi connectivity index (χ0v) is 36.3. The van der Waals surface area contributed by atoms with Crippen LogP contribution >= 0.6 is 0 Å². The highest BCUT2D eigenvalue weighted by Crippen LogP contribution is 2.41. The van der Waals surface area contributed by atoms with E-state index in [-0.39, 0.29) is 27.5 Å². The number of sulfone groups is 2. The molecule has 0 aromatic heterocycles. The van der Waals surface area contributed by atoms with Crippen LogP contribution in [0.5, 0.6) is 0 Å². The number of nitrogens with one attached hydrogen (secondary N) is 2. The van der Waals surface area contributed by atoms with Gasteiger partial charge < -0.3 is 31.9 Å². The number of likely N-dealkylation sites (tertiary alicyclic amines) is 2. The molecule has 8 rings (SSSR count). The van der Waals surface area contributed by atoms with Crippen molar-refractivity contribution in [3.63, 3.8) is 0 Å². The molecule has 0 spiro atoms. The van der Waals surface area contributed by atoms with Crippen LogP contribution in [0.4, 0.5) is 22.7 Å². The fraction of sp³-hybridized carbons (Fsp3) is 0.447. The van der Waals surface area contributed by atoms with Gasteiger partial charge in [-0.3, -0.25) is 9.59 Å². The van der Waals surface area contributed by atoms with E-state index < -0.39 is 30.2 Å². The van der Waals surface area contributed by atoms with Gasteiger partial charge in [0.05, 0.1) is 43.0 Å². The van der Waals surface area contributed by atoms with E-state index in [0.717, 1.165) is 63.3 Å². The Balaban J connectivity index is 0.819. The van der Waals surface area contributed by atoms with Gasteiger partial charge in [0.25, 0.3) is 11.8 Å². The summed E-state index contributed by atoms with van der Waals surface area (Å²) < 4.78 is 54.2. The lowest BCUT2D eigenvalue weighted by Crippen LogP contribution is -2.42. The van der Waals surface area contributed by atoms with Crippen LogP contribution in [0.1, 0.15) is 96.4 Å². The maximum Gasteiger partial charge on any atom is 0.255 e. The maximum absolute atomic E-state index is 13.6. The van der Waals surface area contributed by atoms with Crippen LogP contribution in [0.3, 0.4) is 0 Å². The minimum atomic E-state index is -3.57. The molecule has 2 saturated heterocycles. The van der Waals surface area contributed by atoms with Gasteiger partial charge in [-0.2, -0.15) is 0 Å². The summed E-state index contributed by atoms with van der Waals surface area (Å²) in [4.78, 5) is 31.5. The summed E-state index contributed by atoms with van der Waals surface area (Å²) in [6.45, 7) is 4.99.